The quantitative estimate of drug-likeness (QED) is 0.338. The maximum Gasteiger partial charge on any atom is 0.266 e. The molecule has 1 aliphatic rings. The average molecular weight is 505 g/mol. The van der Waals surface area contributed by atoms with E-state index in [1.165, 1.54) is 10.4 Å². The van der Waals surface area contributed by atoms with Gasteiger partial charge in [-0.1, -0.05) is 15.9 Å². The van der Waals surface area contributed by atoms with Crippen molar-refractivity contribution < 1.29 is 4.79 Å². The maximum atomic E-state index is 12.7. The van der Waals surface area contributed by atoms with E-state index in [1.807, 2.05) is 38.1 Å². The standard InChI is InChI=1S/C25H21BrN4OS/c1-15-11-17(12-18(13-27)24(31)29-20-9-7-19(26)8-10-20)16(2)30(15)25-22(14-28)21-5-3-4-6-23(21)32-25/h7-12H,3-6H2,1-2H3,(H,29,31)/b18-12-. The Morgan fingerprint density at radius 3 is 2.59 bits per heavy atom. The Bertz CT molecular complexity index is 1320. The number of hydrogen-bond donors (Lipinski definition) is 1. The zero-order valence-corrected chi connectivity index (χ0v) is 20.2. The Balaban J connectivity index is 1.70. The molecule has 0 spiro atoms. The molecule has 0 saturated heterocycles. The monoisotopic (exact) mass is 504 g/mol. The minimum absolute atomic E-state index is 0.0270. The largest absolute Gasteiger partial charge is 0.321 e. The third-order valence-corrected chi connectivity index (χ3v) is 7.51. The van der Waals surface area contributed by atoms with Gasteiger partial charge in [-0.15, -0.1) is 11.3 Å². The first-order valence-electron chi connectivity index (χ1n) is 10.4. The summed E-state index contributed by atoms with van der Waals surface area (Å²) in [5.74, 6) is -0.455. The zero-order chi connectivity index (χ0) is 22.8. The zero-order valence-electron chi connectivity index (χ0n) is 17.8. The van der Waals surface area contributed by atoms with Crippen LogP contribution >= 0.6 is 27.3 Å². The summed E-state index contributed by atoms with van der Waals surface area (Å²) in [4.78, 5) is 14.0. The molecule has 3 aromatic rings. The highest BCUT2D eigenvalue weighted by Crippen LogP contribution is 2.38. The number of halogens is 1. The molecule has 0 fully saturated rings. The molecule has 1 aliphatic carbocycles. The van der Waals surface area contributed by atoms with Crippen LogP contribution in [0.5, 0.6) is 0 Å². The second kappa shape index (κ2) is 9.16. The fourth-order valence-corrected chi connectivity index (χ4v) is 5.82. The lowest BCUT2D eigenvalue weighted by atomic mass is 9.96. The third kappa shape index (κ3) is 4.14. The number of nitrogens with zero attached hydrogens (tertiary/aromatic N) is 3. The highest BCUT2D eigenvalue weighted by Gasteiger charge is 2.24. The summed E-state index contributed by atoms with van der Waals surface area (Å²) in [5.41, 5.74) is 5.26. The highest BCUT2D eigenvalue weighted by atomic mass is 79.9. The molecule has 0 aliphatic heterocycles. The van der Waals surface area contributed by atoms with Crippen LogP contribution in [-0.2, 0) is 17.6 Å². The van der Waals surface area contributed by atoms with Crippen LogP contribution in [0.3, 0.4) is 0 Å². The van der Waals surface area contributed by atoms with Crippen molar-refractivity contribution in [2.24, 2.45) is 0 Å². The van der Waals surface area contributed by atoms with Crippen molar-refractivity contribution in [3.05, 3.63) is 73.3 Å². The van der Waals surface area contributed by atoms with Crippen molar-refractivity contribution >= 4 is 44.9 Å². The summed E-state index contributed by atoms with van der Waals surface area (Å²) < 4.78 is 2.99. The number of aromatic nitrogens is 1. The predicted molar refractivity (Wildman–Crippen MR) is 131 cm³/mol. The number of aryl methyl sites for hydroxylation is 2. The van der Waals surface area contributed by atoms with E-state index in [1.54, 1.807) is 29.5 Å². The minimum Gasteiger partial charge on any atom is -0.321 e. The minimum atomic E-state index is -0.455. The number of hydrogen-bond acceptors (Lipinski definition) is 4. The first-order valence-corrected chi connectivity index (χ1v) is 12.0. The summed E-state index contributed by atoms with van der Waals surface area (Å²) in [5, 5.41) is 23.2. The molecule has 1 aromatic carbocycles. The fraction of sp³-hybridized carbons (Fsp3) is 0.240. The molecule has 0 atom stereocenters. The molecule has 2 aromatic heterocycles. The van der Waals surface area contributed by atoms with Gasteiger partial charge in [0.25, 0.3) is 5.91 Å². The second-order valence-electron chi connectivity index (χ2n) is 7.80. The fourth-order valence-electron chi connectivity index (χ4n) is 4.11. The molecule has 1 amide bonds. The smallest absolute Gasteiger partial charge is 0.266 e. The van der Waals surface area contributed by atoms with Gasteiger partial charge in [-0.05, 0) is 87.1 Å². The van der Waals surface area contributed by atoms with Crippen molar-refractivity contribution in [3.8, 4) is 17.1 Å². The molecule has 5 nitrogen and oxygen atoms in total. The molecule has 4 rings (SSSR count). The Morgan fingerprint density at radius 2 is 1.91 bits per heavy atom. The third-order valence-electron chi connectivity index (χ3n) is 5.70. The van der Waals surface area contributed by atoms with Gasteiger partial charge < -0.3 is 9.88 Å². The molecular weight excluding hydrogens is 484 g/mol. The van der Waals surface area contributed by atoms with E-state index in [4.69, 9.17) is 0 Å². The van der Waals surface area contributed by atoms with Crippen LogP contribution in [-0.4, -0.2) is 10.5 Å². The molecule has 1 N–H and O–H groups in total. The molecule has 32 heavy (non-hydrogen) atoms. The molecule has 0 bridgehead atoms. The van der Waals surface area contributed by atoms with Crippen molar-refractivity contribution in [1.29, 1.82) is 10.5 Å². The number of amides is 1. The van der Waals surface area contributed by atoms with Crippen LogP contribution < -0.4 is 5.32 Å². The molecule has 0 radical (unpaired) electrons. The highest BCUT2D eigenvalue weighted by molar-refractivity contribution is 9.10. The Labute approximate surface area is 199 Å². The molecular formula is C25H21BrN4OS. The van der Waals surface area contributed by atoms with Crippen molar-refractivity contribution in [2.45, 2.75) is 39.5 Å². The van der Waals surface area contributed by atoms with Gasteiger partial charge in [0.1, 0.15) is 22.7 Å². The number of nitriles is 2. The number of benzene rings is 1. The number of nitrogens with one attached hydrogen (secondary N) is 1. The van der Waals surface area contributed by atoms with Gasteiger partial charge in [0.2, 0.25) is 0 Å². The predicted octanol–water partition coefficient (Wildman–Crippen LogP) is 6.21. The molecule has 0 unspecified atom stereocenters. The maximum absolute atomic E-state index is 12.7. The van der Waals surface area contributed by atoms with Crippen molar-refractivity contribution in [3.63, 3.8) is 0 Å². The normalized spacial score (nSPS) is 13.2. The van der Waals surface area contributed by atoms with Crippen LogP contribution in [0.1, 0.15) is 45.8 Å². The molecule has 7 heteroatoms. The summed E-state index contributed by atoms with van der Waals surface area (Å²) >= 11 is 5.05. The van der Waals surface area contributed by atoms with E-state index < -0.39 is 5.91 Å². The van der Waals surface area contributed by atoms with Crippen LogP contribution in [0.15, 0.2) is 40.4 Å². The number of carbonyl (C=O) groups excluding carboxylic acids is 1. The Hall–Kier alpha value is -3.13. The number of carbonyl (C=O) groups is 1. The molecule has 0 saturated carbocycles. The van der Waals surface area contributed by atoms with E-state index >= 15 is 0 Å². The number of rotatable bonds is 4. The van der Waals surface area contributed by atoms with E-state index in [-0.39, 0.29) is 5.57 Å². The van der Waals surface area contributed by atoms with Crippen LogP contribution in [0.2, 0.25) is 0 Å². The topological polar surface area (TPSA) is 81.6 Å². The molecule has 2 heterocycles. The summed E-state index contributed by atoms with van der Waals surface area (Å²) in [6.45, 7) is 3.94. The first kappa shape index (κ1) is 22.1. The average Bonchev–Trinajstić information content (AvgIpc) is 3.28. The van der Waals surface area contributed by atoms with Gasteiger partial charge in [-0.3, -0.25) is 4.79 Å². The van der Waals surface area contributed by atoms with Crippen molar-refractivity contribution in [1.82, 2.24) is 4.57 Å². The first-order chi connectivity index (χ1) is 15.4. The molecule has 160 valence electrons. The lowest BCUT2D eigenvalue weighted by Gasteiger charge is -2.10. The van der Waals surface area contributed by atoms with Crippen LogP contribution in [0.25, 0.3) is 11.1 Å². The van der Waals surface area contributed by atoms with Gasteiger partial charge in [0, 0.05) is 26.4 Å². The van der Waals surface area contributed by atoms with E-state index in [0.717, 1.165) is 57.7 Å². The summed E-state index contributed by atoms with van der Waals surface area (Å²) in [6, 6.07) is 13.6. The number of thiophene rings is 1. The van der Waals surface area contributed by atoms with Crippen LogP contribution in [0.4, 0.5) is 5.69 Å². The Kier molecular flexibility index (Phi) is 6.32. The number of fused-ring (bicyclic) bond motifs is 1. The van der Waals surface area contributed by atoms with Gasteiger partial charge in [0.05, 0.1) is 5.56 Å². The van der Waals surface area contributed by atoms with Gasteiger partial charge in [-0.25, -0.2) is 0 Å². The second-order valence-corrected chi connectivity index (χ2v) is 9.79. The SMILES string of the molecule is Cc1cc(/C=C(/C#N)C(=O)Nc2ccc(Br)cc2)c(C)n1-c1sc2c(c1C#N)CCCC2. The summed E-state index contributed by atoms with van der Waals surface area (Å²) in [7, 11) is 0. The lowest BCUT2D eigenvalue weighted by Crippen LogP contribution is -2.13. The van der Waals surface area contributed by atoms with Gasteiger partial charge >= 0.3 is 0 Å². The van der Waals surface area contributed by atoms with Gasteiger partial charge in [-0.2, -0.15) is 10.5 Å². The van der Waals surface area contributed by atoms with E-state index in [9.17, 15) is 15.3 Å². The van der Waals surface area contributed by atoms with E-state index in [2.05, 4.69) is 31.9 Å². The number of anilines is 1. The summed E-state index contributed by atoms with van der Waals surface area (Å²) in [6.07, 6.45) is 5.88. The Morgan fingerprint density at radius 1 is 1.19 bits per heavy atom. The van der Waals surface area contributed by atoms with Crippen molar-refractivity contribution in [2.75, 3.05) is 5.32 Å². The van der Waals surface area contributed by atoms with Gasteiger partial charge in [0.15, 0.2) is 0 Å². The van der Waals surface area contributed by atoms with Crippen LogP contribution in [0, 0.1) is 36.5 Å². The lowest BCUT2D eigenvalue weighted by molar-refractivity contribution is -0.112. The van der Waals surface area contributed by atoms with E-state index in [0.29, 0.717) is 5.69 Å².